The number of hydrogen-bond acceptors (Lipinski definition) is 1. The maximum absolute atomic E-state index is 3.97. The van der Waals surface area contributed by atoms with Crippen LogP contribution in [-0.4, -0.2) is 4.98 Å². The lowest BCUT2D eigenvalue weighted by atomic mass is 10.1. The second kappa shape index (κ2) is 4.50. The summed E-state index contributed by atoms with van der Waals surface area (Å²) in [5, 5.41) is 0. The van der Waals surface area contributed by atoms with E-state index in [9.17, 15) is 0 Å². The number of aromatic nitrogens is 1. The Kier molecular flexibility index (Phi) is 3.27. The van der Waals surface area contributed by atoms with Crippen LogP contribution >= 0.6 is 0 Å². The molecule has 0 atom stereocenters. The molecule has 0 aliphatic rings. The first kappa shape index (κ1) is 8.72. The summed E-state index contributed by atoms with van der Waals surface area (Å²) in [6, 6.07) is 4.02. The van der Waals surface area contributed by atoms with Crippen molar-refractivity contribution in [3.05, 3.63) is 48.3 Å². The number of nitrogens with zero attached hydrogens (tertiary/aromatic N) is 1. The van der Waals surface area contributed by atoms with E-state index in [0.717, 1.165) is 0 Å². The average molecular weight is 159 g/mol. The summed E-state index contributed by atoms with van der Waals surface area (Å²) in [4.78, 5) is 3.97. The zero-order valence-electron chi connectivity index (χ0n) is 7.49. The molecule has 0 spiro atoms. The number of allylic oxidation sites excluding steroid dienone is 4. The first-order valence-corrected chi connectivity index (χ1v) is 4.08. The minimum Gasteiger partial charge on any atom is -0.265 e. The number of rotatable bonds is 2. The topological polar surface area (TPSA) is 12.9 Å². The predicted molar refractivity (Wildman–Crippen MR) is 52.7 cm³/mol. The van der Waals surface area contributed by atoms with Gasteiger partial charge in [0.15, 0.2) is 0 Å². The summed E-state index contributed by atoms with van der Waals surface area (Å²) in [5.74, 6) is 0. The van der Waals surface area contributed by atoms with Gasteiger partial charge in [-0.15, -0.1) is 0 Å². The van der Waals surface area contributed by atoms with Crippen LogP contribution in [0.1, 0.15) is 19.4 Å². The van der Waals surface area contributed by atoms with Crippen molar-refractivity contribution in [2.24, 2.45) is 0 Å². The molecule has 1 nitrogen and oxygen atoms in total. The molecule has 0 aromatic carbocycles. The third-order valence-electron chi connectivity index (χ3n) is 1.67. The Bertz CT molecular complexity index is 283. The molecule has 12 heavy (non-hydrogen) atoms. The van der Waals surface area contributed by atoms with Gasteiger partial charge in [0.2, 0.25) is 0 Å². The van der Waals surface area contributed by atoms with Crippen molar-refractivity contribution in [3.8, 4) is 0 Å². The fourth-order valence-electron chi connectivity index (χ4n) is 1.08. The molecule has 0 amide bonds. The highest BCUT2D eigenvalue weighted by atomic mass is 14.6. The van der Waals surface area contributed by atoms with Gasteiger partial charge in [-0.1, -0.05) is 18.2 Å². The van der Waals surface area contributed by atoms with Gasteiger partial charge in [-0.2, -0.15) is 0 Å². The standard InChI is InChI=1S/C11H13N/c1-3-5-10(4-2)11-6-8-12-9-7-11/h3-9H,1-2H3/b5-3-,10-4+. The maximum atomic E-state index is 3.97. The van der Waals surface area contributed by atoms with Crippen LogP contribution in [0, 0.1) is 0 Å². The predicted octanol–water partition coefficient (Wildman–Crippen LogP) is 3.06. The van der Waals surface area contributed by atoms with E-state index in [0.29, 0.717) is 0 Å². The molecule has 0 radical (unpaired) electrons. The molecule has 1 heteroatoms. The van der Waals surface area contributed by atoms with Gasteiger partial charge in [0.25, 0.3) is 0 Å². The van der Waals surface area contributed by atoms with Gasteiger partial charge in [-0.25, -0.2) is 0 Å². The minimum atomic E-state index is 1.21. The molecule has 1 rings (SSSR count). The molecule has 62 valence electrons. The summed E-state index contributed by atoms with van der Waals surface area (Å²) >= 11 is 0. The monoisotopic (exact) mass is 159 g/mol. The smallest absolute Gasteiger partial charge is 0.0273 e. The first-order valence-electron chi connectivity index (χ1n) is 4.08. The van der Waals surface area contributed by atoms with E-state index in [-0.39, 0.29) is 0 Å². The van der Waals surface area contributed by atoms with Crippen LogP contribution in [-0.2, 0) is 0 Å². The molecule has 1 heterocycles. The molecule has 0 N–H and O–H groups in total. The van der Waals surface area contributed by atoms with Crippen molar-refractivity contribution < 1.29 is 0 Å². The summed E-state index contributed by atoms with van der Waals surface area (Å²) in [5.41, 5.74) is 2.45. The molecule has 1 aromatic rings. The molecular weight excluding hydrogens is 146 g/mol. The van der Waals surface area contributed by atoms with E-state index in [1.807, 2.05) is 44.4 Å². The van der Waals surface area contributed by atoms with Gasteiger partial charge >= 0.3 is 0 Å². The fourth-order valence-corrected chi connectivity index (χ4v) is 1.08. The SMILES string of the molecule is C/C=C\C(=C/C)c1ccncc1. The van der Waals surface area contributed by atoms with E-state index >= 15 is 0 Å². The van der Waals surface area contributed by atoms with Crippen LogP contribution in [0.4, 0.5) is 0 Å². The maximum Gasteiger partial charge on any atom is 0.0273 e. The number of pyridine rings is 1. The van der Waals surface area contributed by atoms with E-state index in [1.54, 1.807) is 0 Å². The third kappa shape index (κ3) is 2.06. The quantitative estimate of drug-likeness (QED) is 0.604. The van der Waals surface area contributed by atoms with Crippen LogP contribution < -0.4 is 0 Å². The van der Waals surface area contributed by atoms with Gasteiger partial charge in [0.1, 0.15) is 0 Å². The summed E-state index contributed by atoms with van der Waals surface area (Å²) in [7, 11) is 0. The highest BCUT2D eigenvalue weighted by Gasteiger charge is 1.92. The second-order valence-electron chi connectivity index (χ2n) is 2.48. The molecule has 0 fully saturated rings. The molecule has 0 unspecified atom stereocenters. The Morgan fingerprint density at radius 2 is 1.92 bits per heavy atom. The van der Waals surface area contributed by atoms with Gasteiger partial charge in [-0.05, 0) is 37.1 Å². The lowest BCUT2D eigenvalue weighted by Crippen LogP contribution is -1.79. The van der Waals surface area contributed by atoms with Crippen LogP contribution in [0.15, 0.2) is 42.8 Å². The van der Waals surface area contributed by atoms with Crippen LogP contribution in [0.25, 0.3) is 5.57 Å². The zero-order valence-corrected chi connectivity index (χ0v) is 7.49. The summed E-state index contributed by atoms with van der Waals surface area (Å²) in [6.45, 7) is 4.06. The van der Waals surface area contributed by atoms with Gasteiger partial charge in [-0.3, -0.25) is 4.98 Å². The van der Waals surface area contributed by atoms with E-state index in [1.165, 1.54) is 11.1 Å². The van der Waals surface area contributed by atoms with Crippen LogP contribution in [0.5, 0.6) is 0 Å². The molecular formula is C11H13N. The summed E-state index contributed by atoms with van der Waals surface area (Å²) in [6.07, 6.45) is 9.84. The van der Waals surface area contributed by atoms with Gasteiger partial charge < -0.3 is 0 Å². The lowest BCUT2D eigenvalue weighted by molar-refractivity contribution is 1.32. The average Bonchev–Trinajstić information content (AvgIpc) is 2.15. The van der Waals surface area contributed by atoms with Crippen molar-refractivity contribution in [2.45, 2.75) is 13.8 Å². The Hall–Kier alpha value is -1.37. The Morgan fingerprint density at radius 3 is 2.42 bits per heavy atom. The largest absolute Gasteiger partial charge is 0.265 e. The van der Waals surface area contributed by atoms with Gasteiger partial charge in [0, 0.05) is 12.4 Å². The molecule has 1 aromatic heterocycles. The zero-order chi connectivity index (χ0) is 8.81. The molecule has 0 aliphatic carbocycles. The first-order chi connectivity index (χ1) is 5.88. The molecule has 0 saturated heterocycles. The van der Waals surface area contributed by atoms with Crippen LogP contribution in [0.2, 0.25) is 0 Å². The second-order valence-corrected chi connectivity index (χ2v) is 2.48. The van der Waals surface area contributed by atoms with Crippen molar-refractivity contribution in [3.63, 3.8) is 0 Å². The molecule has 0 aliphatic heterocycles. The van der Waals surface area contributed by atoms with E-state index < -0.39 is 0 Å². The summed E-state index contributed by atoms with van der Waals surface area (Å²) < 4.78 is 0. The van der Waals surface area contributed by atoms with Crippen molar-refractivity contribution >= 4 is 5.57 Å². The Labute approximate surface area is 73.5 Å². The fraction of sp³-hybridized carbons (Fsp3) is 0.182. The third-order valence-corrected chi connectivity index (χ3v) is 1.67. The van der Waals surface area contributed by atoms with E-state index in [2.05, 4.69) is 17.1 Å². The number of hydrogen-bond donors (Lipinski definition) is 0. The van der Waals surface area contributed by atoms with Crippen LogP contribution in [0.3, 0.4) is 0 Å². The van der Waals surface area contributed by atoms with Crippen molar-refractivity contribution in [1.82, 2.24) is 4.98 Å². The van der Waals surface area contributed by atoms with E-state index in [4.69, 9.17) is 0 Å². The Balaban J connectivity index is 2.97. The Morgan fingerprint density at radius 1 is 1.25 bits per heavy atom. The highest BCUT2D eigenvalue weighted by molar-refractivity contribution is 5.73. The lowest BCUT2D eigenvalue weighted by Gasteiger charge is -1.99. The molecule has 0 saturated carbocycles. The molecule has 0 bridgehead atoms. The van der Waals surface area contributed by atoms with Crippen molar-refractivity contribution in [2.75, 3.05) is 0 Å². The minimum absolute atomic E-state index is 1.21. The van der Waals surface area contributed by atoms with Gasteiger partial charge in [0.05, 0.1) is 0 Å². The highest BCUT2D eigenvalue weighted by Crippen LogP contribution is 2.13. The normalized spacial score (nSPS) is 12.3. The van der Waals surface area contributed by atoms with Crippen molar-refractivity contribution in [1.29, 1.82) is 0 Å².